The van der Waals surface area contributed by atoms with Crippen LogP contribution in [0.3, 0.4) is 0 Å². The third-order valence-electron chi connectivity index (χ3n) is 3.10. The maximum atomic E-state index is 11.4. The molecule has 1 N–H and O–H groups in total. The first-order valence-corrected chi connectivity index (χ1v) is 7.16. The summed E-state index contributed by atoms with van der Waals surface area (Å²) in [5.74, 6) is -0.338. The van der Waals surface area contributed by atoms with Crippen LogP contribution >= 0.6 is 0 Å². The predicted molar refractivity (Wildman–Crippen MR) is 76.1 cm³/mol. The summed E-state index contributed by atoms with van der Waals surface area (Å²) in [6.45, 7) is 11.7. The Balaban J connectivity index is 3.95. The van der Waals surface area contributed by atoms with Gasteiger partial charge >= 0.3 is 5.97 Å². The molecule has 0 aliphatic heterocycles. The first-order valence-electron chi connectivity index (χ1n) is 7.16. The first-order chi connectivity index (χ1) is 9.04. The maximum Gasteiger partial charge on any atom is 0.307 e. The molecule has 1 atom stereocenters. The van der Waals surface area contributed by atoms with Gasteiger partial charge in [-0.05, 0) is 46.4 Å². The van der Waals surface area contributed by atoms with Gasteiger partial charge in [-0.25, -0.2) is 0 Å². The minimum atomic E-state index is -0.421. The zero-order chi connectivity index (χ0) is 14.7. The standard InChI is InChI=1S/C14H28N2O3/c1-5-16(6-2)10-8-9-15-13(12(4)17)11-14(18)19-7-3/h13,15H,5-11H2,1-4H3. The van der Waals surface area contributed by atoms with Crippen LogP contribution in [0.15, 0.2) is 0 Å². The van der Waals surface area contributed by atoms with Crippen molar-refractivity contribution in [1.29, 1.82) is 0 Å². The molecule has 0 amide bonds. The maximum absolute atomic E-state index is 11.4. The summed E-state index contributed by atoms with van der Waals surface area (Å²) in [6, 6.07) is -0.421. The molecule has 0 fully saturated rings. The van der Waals surface area contributed by atoms with Gasteiger partial charge < -0.3 is 15.0 Å². The van der Waals surface area contributed by atoms with Gasteiger partial charge in [-0.3, -0.25) is 9.59 Å². The fraction of sp³-hybridized carbons (Fsp3) is 0.857. The fourth-order valence-corrected chi connectivity index (χ4v) is 1.86. The quantitative estimate of drug-likeness (QED) is 0.453. The van der Waals surface area contributed by atoms with Gasteiger partial charge in [0.05, 0.1) is 19.1 Å². The van der Waals surface area contributed by atoms with Crippen LogP contribution in [-0.4, -0.2) is 55.5 Å². The number of carbonyl (C=O) groups excluding carboxylic acids is 2. The van der Waals surface area contributed by atoms with E-state index in [-0.39, 0.29) is 18.2 Å². The molecule has 0 spiro atoms. The molecule has 0 bridgehead atoms. The average Bonchev–Trinajstić information content (AvgIpc) is 2.37. The van der Waals surface area contributed by atoms with Crippen molar-refractivity contribution in [3.8, 4) is 0 Å². The summed E-state index contributed by atoms with van der Waals surface area (Å²) in [7, 11) is 0. The zero-order valence-electron chi connectivity index (χ0n) is 12.7. The molecule has 0 saturated carbocycles. The molecule has 19 heavy (non-hydrogen) atoms. The van der Waals surface area contributed by atoms with Gasteiger partial charge in [-0.2, -0.15) is 0 Å². The molecular weight excluding hydrogens is 244 g/mol. The monoisotopic (exact) mass is 272 g/mol. The van der Waals surface area contributed by atoms with E-state index >= 15 is 0 Å². The molecule has 0 heterocycles. The highest BCUT2D eigenvalue weighted by molar-refractivity contribution is 5.86. The van der Waals surface area contributed by atoms with Crippen LogP contribution in [0, 0.1) is 0 Å². The molecule has 5 heteroatoms. The van der Waals surface area contributed by atoms with Gasteiger partial charge in [-0.1, -0.05) is 13.8 Å². The molecule has 0 aromatic heterocycles. The summed E-state index contributed by atoms with van der Waals surface area (Å²) >= 11 is 0. The van der Waals surface area contributed by atoms with Crippen molar-refractivity contribution >= 4 is 11.8 Å². The Morgan fingerprint density at radius 3 is 2.32 bits per heavy atom. The van der Waals surface area contributed by atoms with Crippen LogP contribution in [0.2, 0.25) is 0 Å². The fourth-order valence-electron chi connectivity index (χ4n) is 1.86. The van der Waals surface area contributed by atoms with E-state index in [0.29, 0.717) is 6.61 Å². The van der Waals surface area contributed by atoms with Gasteiger partial charge in [-0.15, -0.1) is 0 Å². The van der Waals surface area contributed by atoms with Crippen molar-refractivity contribution in [3.05, 3.63) is 0 Å². The molecule has 0 aromatic rings. The smallest absolute Gasteiger partial charge is 0.307 e. The van der Waals surface area contributed by atoms with Gasteiger partial charge in [0.2, 0.25) is 0 Å². The molecule has 112 valence electrons. The second-order valence-electron chi connectivity index (χ2n) is 4.51. The number of hydrogen-bond donors (Lipinski definition) is 1. The van der Waals surface area contributed by atoms with Crippen LogP contribution < -0.4 is 5.32 Å². The van der Waals surface area contributed by atoms with E-state index in [1.807, 2.05) is 0 Å². The lowest BCUT2D eigenvalue weighted by Crippen LogP contribution is -2.39. The Labute approximate surface area is 116 Å². The third-order valence-corrected chi connectivity index (χ3v) is 3.10. The lowest BCUT2D eigenvalue weighted by atomic mass is 10.1. The van der Waals surface area contributed by atoms with E-state index in [0.717, 1.165) is 32.6 Å². The summed E-state index contributed by atoms with van der Waals surface area (Å²) in [4.78, 5) is 25.1. The van der Waals surface area contributed by atoms with Crippen molar-refractivity contribution in [2.75, 3.05) is 32.8 Å². The van der Waals surface area contributed by atoms with Crippen molar-refractivity contribution < 1.29 is 14.3 Å². The topological polar surface area (TPSA) is 58.6 Å². The lowest BCUT2D eigenvalue weighted by Gasteiger charge is -2.19. The Hall–Kier alpha value is -0.940. The van der Waals surface area contributed by atoms with Gasteiger partial charge in [0.25, 0.3) is 0 Å². The van der Waals surface area contributed by atoms with Crippen LogP contribution in [0.5, 0.6) is 0 Å². The van der Waals surface area contributed by atoms with Crippen molar-refractivity contribution in [2.24, 2.45) is 0 Å². The van der Waals surface area contributed by atoms with Crippen LogP contribution in [-0.2, 0) is 14.3 Å². The number of esters is 1. The SMILES string of the molecule is CCOC(=O)CC(NCCCN(CC)CC)C(C)=O. The average molecular weight is 272 g/mol. The predicted octanol–water partition coefficient (Wildman–Crippen LogP) is 1.22. The highest BCUT2D eigenvalue weighted by Gasteiger charge is 2.18. The molecule has 0 radical (unpaired) electrons. The Morgan fingerprint density at radius 1 is 1.21 bits per heavy atom. The van der Waals surface area contributed by atoms with E-state index in [1.54, 1.807) is 6.92 Å². The summed E-state index contributed by atoms with van der Waals surface area (Å²) in [6.07, 6.45) is 1.09. The van der Waals surface area contributed by atoms with E-state index in [1.165, 1.54) is 6.92 Å². The number of nitrogens with zero attached hydrogens (tertiary/aromatic N) is 1. The van der Waals surface area contributed by atoms with Crippen molar-refractivity contribution in [3.63, 3.8) is 0 Å². The molecule has 0 aliphatic carbocycles. The second-order valence-corrected chi connectivity index (χ2v) is 4.51. The van der Waals surface area contributed by atoms with E-state index in [9.17, 15) is 9.59 Å². The van der Waals surface area contributed by atoms with Crippen LogP contribution in [0.1, 0.15) is 40.5 Å². The van der Waals surface area contributed by atoms with Gasteiger partial charge in [0, 0.05) is 0 Å². The molecular formula is C14H28N2O3. The Kier molecular flexibility index (Phi) is 10.4. The largest absolute Gasteiger partial charge is 0.466 e. The van der Waals surface area contributed by atoms with Crippen LogP contribution in [0.4, 0.5) is 0 Å². The molecule has 1 unspecified atom stereocenters. The molecule has 0 rings (SSSR count). The molecule has 0 saturated heterocycles. The Morgan fingerprint density at radius 2 is 1.84 bits per heavy atom. The minimum Gasteiger partial charge on any atom is -0.466 e. The number of carbonyl (C=O) groups is 2. The number of rotatable bonds is 11. The van der Waals surface area contributed by atoms with Crippen molar-refractivity contribution in [2.45, 2.75) is 46.6 Å². The first kappa shape index (κ1) is 18.1. The number of nitrogens with one attached hydrogen (secondary N) is 1. The summed E-state index contributed by atoms with van der Waals surface area (Å²) in [5.41, 5.74) is 0. The van der Waals surface area contributed by atoms with Gasteiger partial charge in [0.15, 0.2) is 0 Å². The molecule has 0 aliphatic rings. The number of ether oxygens (including phenoxy) is 1. The molecule has 5 nitrogen and oxygen atoms in total. The van der Waals surface area contributed by atoms with Gasteiger partial charge in [0.1, 0.15) is 5.78 Å². The second kappa shape index (κ2) is 10.9. The highest BCUT2D eigenvalue weighted by Crippen LogP contribution is 1.98. The number of ketones is 1. The van der Waals surface area contributed by atoms with Crippen molar-refractivity contribution in [1.82, 2.24) is 10.2 Å². The lowest BCUT2D eigenvalue weighted by molar-refractivity contribution is -0.145. The summed E-state index contributed by atoms with van der Waals surface area (Å²) in [5, 5.41) is 3.14. The summed E-state index contributed by atoms with van der Waals surface area (Å²) < 4.78 is 4.86. The normalized spacial score (nSPS) is 12.5. The van der Waals surface area contributed by atoms with E-state index in [4.69, 9.17) is 4.74 Å². The third kappa shape index (κ3) is 8.72. The number of Topliss-reactive ketones (excluding diaryl/α,β-unsaturated/α-hetero) is 1. The van der Waals surface area contributed by atoms with Crippen LogP contribution in [0.25, 0.3) is 0 Å². The zero-order valence-corrected chi connectivity index (χ0v) is 12.7. The van der Waals surface area contributed by atoms with E-state index < -0.39 is 6.04 Å². The molecule has 0 aromatic carbocycles. The number of hydrogen-bond acceptors (Lipinski definition) is 5. The van der Waals surface area contributed by atoms with E-state index in [2.05, 4.69) is 24.1 Å². The Bertz CT molecular complexity index is 265. The highest BCUT2D eigenvalue weighted by atomic mass is 16.5. The minimum absolute atomic E-state index is 0.0177.